The predicted octanol–water partition coefficient (Wildman–Crippen LogP) is 3.74. The highest BCUT2D eigenvalue weighted by Crippen LogP contribution is 2.24. The third-order valence-electron chi connectivity index (χ3n) is 5.26. The van der Waals surface area contributed by atoms with Gasteiger partial charge in [0.15, 0.2) is 5.69 Å². The molecule has 2 aromatic carbocycles. The molecule has 0 fully saturated rings. The number of amides is 1. The first-order chi connectivity index (χ1) is 16.0. The van der Waals surface area contributed by atoms with Crippen molar-refractivity contribution in [2.24, 2.45) is 5.41 Å². The summed E-state index contributed by atoms with van der Waals surface area (Å²) >= 11 is 0. The molecule has 2 unspecified atom stereocenters. The van der Waals surface area contributed by atoms with Crippen molar-refractivity contribution in [2.75, 3.05) is 6.61 Å². The summed E-state index contributed by atoms with van der Waals surface area (Å²) in [5.74, 6) is -1.92. The number of carbonyl (C=O) groups is 2. The molecule has 2 atom stereocenters. The number of benzene rings is 2. The van der Waals surface area contributed by atoms with E-state index in [4.69, 9.17) is 4.74 Å². The van der Waals surface area contributed by atoms with Crippen molar-refractivity contribution < 1.29 is 28.9 Å². The summed E-state index contributed by atoms with van der Waals surface area (Å²) in [4.78, 5) is 24.4. The quantitative estimate of drug-likeness (QED) is 0.440. The van der Waals surface area contributed by atoms with Gasteiger partial charge in [-0.15, -0.1) is 0 Å². The number of rotatable bonds is 9. The van der Waals surface area contributed by atoms with Crippen LogP contribution in [0.4, 0.5) is 4.39 Å². The molecule has 1 amide bonds. The Morgan fingerprint density at radius 2 is 1.76 bits per heavy atom. The average Bonchev–Trinajstić information content (AvgIpc) is 3.21. The summed E-state index contributed by atoms with van der Waals surface area (Å²) in [5, 5.41) is 26.7. The van der Waals surface area contributed by atoms with Gasteiger partial charge >= 0.3 is 5.97 Å². The second kappa shape index (κ2) is 10.5. The molecular formula is C25H28FN3O5. The molecule has 34 heavy (non-hydrogen) atoms. The van der Waals surface area contributed by atoms with Crippen LogP contribution >= 0.6 is 0 Å². The van der Waals surface area contributed by atoms with E-state index in [2.05, 4.69) is 10.4 Å². The molecule has 0 spiro atoms. The second-order valence-corrected chi connectivity index (χ2v) is 8.98. The summed E-state index contributed by atoms with van der Waals surface area (Å²) in [6.45, 7) is 5.54. The van der Waals surface area contributed by atoms with Crippen LogP contribution in [0.15, 0.2) is 60.7 Å². The molecule has 8 nitrogen and oxygen atoms in total. The van der Waals surface area contributed by atoms with Gasteiger partial charge in [0.2, 0.25) is 5.88 Å². The van der Waals surface area contributed by atoms with E-state index in [-0.39, 0.29) is 24.6 Å². The number of aliphatic hydroxyl groups excluding tert-OH is 1. The van der Waals surface area contributed by atoms with Gasteiger partial charge < -0.3 is 20.3 Å². The third kappa shape index (κ3) is 6.41. The van der Waals surface area contributed by atoms with Gasteiger partial charge in [0.1, 0.15) is 12.4 Å². The molecular weight excluding hydrogens is 441 g/mol. The Labute approximate surface area is 197 Å². The van der Waals surface area contributed by atoms with Crippen LogP contribution in [-0.2, 0) is 4.79 Å². The van der Waals surface area contributed by atoms with Gasteiger partial charge in [0.05, 0.1) is 24.3 Å². The third-order valence-corrected chi connectivity index (χ3v) is 5.26. The summed E-state index contributed by atoms with van der Waals surface area (Å²) in [7, 11) is 0. The van der Waals surface area contributed by atoms with Crippen molar-refractivity contribution >= 4 is 11.9 Å². The topological polar surface area (TPSA) is 114 Å². The lowest BCUT2D eigenvalue weighted by Crippen LogP contribution is -2.32. The van der Waals surface area contributed by atoms with E-state index in [1.54, 1.807) is 30.3 Å². The number of hydrogen-bond donors (Lipinski definition) is 3. The van der Waals surface area contributed by atoms with Gasteiger partial charge in [0, 0.05) is 6.07 Å². The van der Waals surface area contributed by atoms with Gasteiger partial charge in [-0.3, -0.25) is 9.59 Å². The fraction of sp³-hybridized carbons (Fsp3) is 0.320. The van der Waals surface area contributed by atoms with Crippen LogP contribution in [0.25, 0.3) is 5.69 Å². The minimum absolute atomic E-state index is 0.0177. The first-order valence-corrected chi connectivity index (χ1v) is 10.8. The van der Waals surface area contributed by atoms with Crippen LogP contribution in [-0.4, -0.2) is 44.6 Å². The zero-order chi connectivity index (χ0) is 24.9. The highest BCUT2D eigenvalue weighted by Gasteiger charge is 2.25. The summed E-state index contributed by atoms with van der Waals surface area (Å²) in [5.41, 5.74) is 0.642. The lowest BCUT2D eigenvalue weighted by atomic mass is 9.90. The summed E-state index contributed by atoms with van der Waals surface area (Å²) in [6.07, 6.45) is -1.10. The van der Waals surface area contributed by atoms with E-state index >= 15 is 0 Å². The molecule has 3 rings (SSSR count). The molecule has 0 aliphatic heterocycles. The first kappa shape index (κ1) is 24.9. The van der Waals surface area contributed by atoms with Crippen LogP contribution in [0.3, 0.4) is 0 Å². The van der Waals surface area contributed by atoms with Gasteiger partial charge in [-0.25, -0.2) is 9.07 Å². The number of hydrogen-bond acceptors (Lipinski definition) is 5. The number of aromatic nitrogens is 2. The Bertz CT molecular complexity index is 1120. The van der Waals surface area contributed by atoms with E-state index in [0.717, 1.165) is 0 Å². The second-order valence-electron chi connectivity index (χ2n) is 8.98. The number of carboxylic acid groups (broad SMARTS) is 1. The molecule has 0 bridgehead atoms. The number of nitrogens with zero attached hydrogens (tertiary/aromatic N) is 2. The van der Waals surface area contributed by atoms with Crippen molar-refractivity contribution in [2.45, 2.75) is 39.3 Å². The Morgan fingerprint density at radius 3 is 2.35 bits per heavy atom. The largest absolute Gasteiger partial charge is 0.481 e. The molecule has 0 aliphatic rings. The van der Waals surface area contributed by atoms with Crippen molar-refractivity contribution in [3.8, 4) is 11.6 Å². The first-order valence-electron chi connectivity index (χ1n) is 10.8. The van der Waals surface area contributed by atoms with Gasteiger partial charge in [-0.05, 0) is 35.2 Å². The lowest BCUT2D eigenvalue weighted by molar-refractivity contribution is -0.137. The zero-order valence-electron chi connectivity index (χ0n) is 19.2. The van der Waals surface area contributed by atoms with Gasteiger partial charge in [0.25, 0.3) is 5.91 Å². The molecule has 1 aromatic heterocycles. The molecule has 0 saturated heterocycles. The van der Waals surface area contributed by atoms with Crippen molar-refractivity contribution in [3.05, 3.63) is 77.7 Å². The van der Waals surface area contributed by atoms with Crippen LogP contribution in [0, 0.1) is 11.2 Å². The van der Waals surface area contributed by atoms with E-state index in [9.17, 15) is 24.2 Å². The maximum absolute atomic E-state index is 13.4. The van der Waals surface area contributed by atoms with Crippen molar-refractivity contribution in [1.29, 1.82) is 0 Å². The fourth-order valence-electron chi connectivity index (χ4n) is 3.10. The normalized spacial score (nSPS) is 13.2. The SMILES string of the molecule is CC(C)(C)C(O)COc1cc(C(=O)NC(CC(=O)O)c2ccccc2)nn1-c1ccc(F)cc1. The summed E-state index contributed by atoms with van der Waals surface area (Å²) in [6, 6.07) is 14.9. The summed E-state index contributed by atoms with van der Waals surface area (Å²) < 4.78 is 20.5. The smallest absolute Gasteiger partial charge is 0.305 e. The average molecular weight is 470 g/mol. The van der Waals surface area contributed by atoms with E-state index in [0.29, 0.717) is 11.3 Å². The van der Waals surface area contributed by atoms with Crippen LogP contribution < -0.4 is 10.1 Å². The number of nitrogens with one attached hydrogen (secondary N) is 1. The number of halogens is 1. The Balaban J connectivity index is 1.89. The van der Waals surface area contributed by atoms with Gasteiger partial charge in [-0.2, -0.15) is 5.10 Å². The number of aliphatic hydroxyl groups is 1. The molecule has 0 radical (unpaired) electrons. The maximum atomic E-state index is 13.4. The van der Waals surface area contributed by atoms with E-state index < -0.39 is 35.3 Å². The number of aliphatic carboxylic acids is 1. The molecule has 1 heterocycles. The monoisotopic (exact) mass is 469 g/mol. The Kier molecular flexibility index (Phi) is 7.68. The molecule has 180 valence electrons. The zero-order valence-corrected chi connectivity index (χ0v) is 19.2. The molecule has 3 N–H and O–H groups in total. The fourth-order valence-corrected chi connectivity index (χ4v) is 3.10. The van der Waals surface area contributed by atoms with Crippen LogP contribution in [0.1, 0.15) is 49.3 Å². The van der Waals surface area contributed by atoms with Crippen molar-refractivity contribution in [1.82, 2.24) is 15.1 Å². The molecule has 9 heteroatoms. The molecule has 0 aliphatic carbocycles. The molecule has 3 aromatic rings. The lowest BCUT2D eigenvalue weighted by Gasteiger charge is -2.25. The molecule has 0 saturated carbocycles. The van der Waals surface area contributed by atoms with Crippen molar-refractivity contribution in [3.63, 3.8) is 0 Å². The van der Waals surface area contributed by atoms with Crippen LogP contribution in [0.2, 0.25) is 0 Å². The van der Waals surface area contributed by atoms with Crippen LogP contribution in [0.5, 0.6) is 5.88 Å². The highest BCUT2D eigenvalue weighted by atomic mass is 19.1. The Hall–Kier alpha value is -3.72. The maximum Gasteiger partial charge on any atom is 0.305 e. The minimum Gasteiger partial charge on any atom is -0.481 e. The number of carboxylic acids is 1. The predicted molar refractivity (Wildman–Crippen MR) is 123 cm³/mol. The number of ether oxygens (including phenoxy) is 1. The van der Waals surface area contributed by atoms with E-state index in [1.807, 2.05) is 20.8 Å². The highest BCUT2D eigenvalue weighted by molar-refractivity contribution is 5.93. The van der Waals surface area contributed by atoms with Gasteiger partial charge in [-0.1, -0.05) is 51.1 Å². The standard InChI is InChI=1S/C25H28FN3O5/c1-25(2,3)21(30)15-34-22-13-20(28-29(22)18-11-9-17(26)10-12-18)24(33)27-19(14-23(31)32)16-7-5-4-6-8-16/h4-13,19,21,30H,14-15H2,1-3H3,(H,27,33)(H,31,32). The van der Waals surface area contributed by atoms with E-state index in [1.165, 1.54) is 35.0 Å². The minimum atomic E-state index is -1.06. The Morgan fingerprint density at radius 1 is 1.12 bits per heavy atom. The number of carbonyl (C=O) groups excluding carboxylic acids is 1.